The summed E-state index contributed by atoms with van der Waals surface area (Å²) in [5.74, 6) is 4.21. The van der Waals surface area contributed by atoms with Gasteiger partial charge in [-0.1, -0.05) is 31.8 Å². The highest BCUT2D eigenvalue weighted by atomic mass is 16.5. The molecule has 0 radical (unpaired) electrons. The van der Waals surface area contributed by atoms with Crippen molar-refractivity contribution in [1.29, 1.82) is 0 Å². The van der Waals surface area contributed by atoms with Crippen LogP contribution in [-0.4, -0.2) is 23.2 Å². The van der Waals surface area contributed by atoms with Crippen molar-refractivity contribution in [3.8, 4) is 0 Å². The number of hydrogen-bond acceptors (Lipinski definition) is 4. The Labute approximate surface area is 109 Å². The van der Waals surface area contributed by atoms with E-state index in [-0.39, 0.29) is 0 Å². The molecule has 1 aliphatic carbocycles. The fourth-order valence-corrected chi connectivity index (χ4v) is 3.22. The van der Waals surface area contributed by atoms with Crippen LogP contribution < -0.4 is 5.32 Å². The van der Waals surface area contributed by atoms with Gasteiger partial charge < -0.3 is 9.84 Å². The molecule has 100 valence electrons. The van der Waals surface area contributed by atoms with Gasteiger partial charge in [-0.3, -0.25) is 0 Å². The van der Waals surface area contributed by atoms with E-state index in [2.05, 4.69) is 29.3 Å². The lowest BCUT2D eigenvalue weighted by molar-refractivity contribution is 0.315. The maximum Gasteiger partial charge on any atom is 0.231 e. The molecule has 1 saturated heterocycles. The van der Waals surface area contributed by atoms with E-state index in [1.807, 2.05) is 0 Å². The van der Waals surface area contributed by atoms with Crippen molar-refractivity contribution >= 4 is 0 Å². The summed E-state index contributed by atoms with van der Waals surface area (Å²) >= 11 is 0. The van der Waals surface area contributed by atoms with E-state index >= 15 is 0 Å². The van der Waals surface area contributed by atoms with Crippen LogP contribution in [0.3, 0.4) is 0 Å². The molecule has 1 saturated carbocycles. The van der Waals surface area contributed by atoms with Crippen molar-refractivity contribution in [3.63, 3.8) is 0 Å². The Hall–Kier alpha value is -0.900. The fraction of sp³-hybridized carbons (Fsp3) is 0.857. The maximum atomic E-state index is 5.50. The smallest absolute Gasteiger partial charge is 0.231 e. The number of nitrogens with zero attached hydrogens (tertiary/aromatic N) is 2. The van der Waals surface area contributed by atoms with Gasteiger partial charge in [0.1, 0.15) is 0 Å². The second-order valence-electron chi connectivity index (χ2n) is 6.19. The topological polar surface area (TPSA) is 51.0 Å². The highest BCUT2D eigenvalue weighted by Gasteiger charge is 2.31. The summed E-state index contributed by atoms with van der Waals surface area (Å²) in [5, 5.41) is 7.62. The fourth-order valence-electron chi connectivity index (χ4n) is 3.22. The van der Waals surface area contributed by atoms with Crippen LogP contribution in [0.15, 0.2) is 4.52 Å². The minimum absolute atomic E-state index is 0.411. The molecule has 1 aromatic rings. The molecule has 0 spiro atoms. The van der Waals surface area contributed by atoms with Crippen LogP contribution in [0.5, 0.6) is 0 Å². The third-order valence-corrected chi connectivity index (χ3v) is 4.67. The van der Waals surface area contributed by atoms with Crippen molar-refractivity contribution in [2.24, 2.45) is 11.8 Å². The van der Waals surface area contributed by atoms with E-state index < -0.39 is 0 Å². The van der Waals surface area contributed by atoms with Gasteiger partial charge >= 0.3 is 0 Å². The molecular weight excluding hydrogens is 226 g/mol. The Balaban J connectivity index is 1.69. The summed E-state index contributed by atoms with van der Waals surface area (Å²) in [6.07, 6.45) is 5.04. The molecule has 0 unspecified atom stereocenters. The maximum absolute atomic E-state index is 5.50. The Kier molecular flexibility index (Phi) is 3.37. The lowest BCUT2D eigenvalue weighted by Gasteiger charge is -2.23. The number of nitrogens with one attached hydrogen (secondary N) is 1. The third kappa shape index (κ3) is 2.30. The van der Waals surface area contributed by atoms with E-state index in [9.17, 15) is 0 Å². The van der Waals surface area contributed by atoms with E-state index in [0.717, 1.165) is 30.7 Å². The van der Waals surface area contributed by atoms with Gasteiger partial charge in [-0.25, -0.2) is 0 Å². The minimum atomic E-state index is 0.411. The molecule has 4 heteroatoms. The number of aromatic nitrogens is 2. The summed E-state index contributed by atoms with van der Waals surface area (Å²) in [6.45, 7) is 6.62. The van der Waals surface area contributed by atoms with Crippen LogP contribution in [0, 0.1) is 11.8 Å². The van der Waals surface area contributed by atoms with E-state index in [1.54, 1.807) is 0 Å². The van der Waals surface area contributed by atoms with Gasteiger partial charge in [-0.05, 0) is 31.2 Å². The molecule has 0 bridgehead atoms. The summed E-state index contributed by atoms with van der Waals surface area (Å²) in [7, 11) is 0. The highest BCUT2D eigenvalue weighted by Crippen LogP contribution is 2.35. The van der Waals surface area contributed by atoms with Gasteiger partial charge in [-0.2, -0.15) is 4.98 Å². The van der Waals surface area contributed by atoms with E-state index in [1.165, 1.54) is 25.7 Å². The van der Waals surface area contributed by atoms with Crippen LogP contribution in [0.4, 0.5) is 0 Å². The summed E-state index contributed by atoms with van der Waals surface area (Å²) in [5.41, 5.74) is 0. The normalized spacial score (nSPS) is 37.0. The van der Waals surface area contributed by atoms with Crippen LogP contribution in [0.25, 0.3) is 0 Å². The summed E-state index contributed by atoms with van der Waals surface area (Å²) in [6, 6.07) is 0. The summed E-state index contributed by atoms with van der Waals surface area (Å²) in [4.78, 5) is 4.67. The standard InChI is InChI=1S/C14H23N3O/c1-9-3-5-11(6-4-9)13-16-14(18-17-13)12-8-15-7-10(12)2/h9-12,15H,3-8H2,1-2H3/t9?,10-,11?,12-/m1/s1. The average molecular weight is 249 g/mol. The van der Waals surface area contributed by atoms with Crippen molar-refractivity contribution in [3.05, 3.63) is 11.7 Å². The summed E-state index contributed by atoms with van der Waals surface area (Å²) < 4.78 is 5.50. The van der Waals surface area contributed by atoms with Crippen molar-refractivity contribution in [2.45, 2.75) is 51.4 Å². The van der Waals surface area contributed by atoms with Gasteiger partial charge in [0.05, 0.1) is 5.92 Å². The quantitative estimate of drug-likeness (QED) is 0.875. The van der Waals surface area contributed by atoms with Crippen LogP contribution in [-0.2, 0) is 0 Å². The highest BCUT2D eigenvalue weighted by molar-refractivity contribution is 5.04. The molecule has 0 amide bonds. The van der Waals surface area contributed by atoms with Gasteiger partial charge in [-0.15, -0.1) is 0 Å². The molecule has 2 heterocycles. The first-order valence-electron chi connectivity index (χ1n) is 7.28. The average Bonchev–Trinajstić information content (AvgIpc) is 2.98. The second kappa shape index (κ2) is 5.00. The van der Waals surface area contributed by atoms with E-state index in [0.29, 0.717) is 17.8 Å². The molecule has 2 aliphatic rings. The Morgan fingerprint density at radius 2 is 1.89 bits per heavy atom. The van der Waals surface area contributed by atoms with E-state index in [4.69, 9.17) is 4.52 Å². The zero-order valence-corrected chi connectivity index (χ0v) is 11.4. The van der Waals surface area contributed by atoms with Crippen LogP contribution >= 0.6 is 0 Å². The van der Waals surface area contributed by atoms with Gasteiger partial charge in [0.2, 0.25) is 5.89 Å². The van der Waals surface area contributed by atoms with Gasteiger partial charge in [0, 0.05) is 12.5 Å². The largest absolute Gasteiger partial charge is 0.339 e. The molecule has 2 atom stereocenters. The predicted molar refractivity (Wildman–Crippen MR) is 69.4 cm³/mol. The molecule has 18 heavy (non-hydrogen) atoms. The molecule has 2 fully saturated rings. The first kappa shape index (κ1) is 12.2. The molecule has 3 rings (SSSR count). The molecule has 1 aliphatic heterocycles. The minimum Gasteiger partial charge on any atom is -0.339 e. The Morgan fingerprint density at radius 1 is 1.11 bits per heavy atom. The predicted octanol–water partition coefficient (Wildman–Crippen LogP) is 2.69. The molecule has 0 aromatic carbocycles. The lowest BCUT2D eigenvalue weighted by Crippen LogP contribution is -2.12. The number of rotatable bonds is 2. The third-order valence-electron chi connectivity index (χ3n) is 4.67. The zero-order chi connectivity index (χ0) is 12.5. The SMILES string of the molecule is CC1CCC(c2noc([C@@H]3CNC[C@H]3C)n2)CC1. The first-order chi connectivity index (χ1) is 8.74. The molecule has 1 aromatic heterocycles. The first-order valence-corrected chi connectivity index (χ1v) is 7.28. The van der Waals surface area contributed by atoms with Crippen LogP contribution in [0.1, 0.15) is 63.1 Å². The second-order valence-corrected chi connectivity index (χ2v) is 6.19. The Morgan fingerprint density at radius 3 is 2.56 bits per heavy atom. The van der Waals surface area contributed by atoms with Gasteiger partial charge in [0.15, 0.2) is 5.82 Å². The van der Waals surface area contributed by atoms with Gasteiger partial charge in [0.25, 0.3) is 0 Å². The number of hydrogen-bond donors (Lipinski definition) is 1. The Bertz CT molecular complexity index is 395. The van der Waals surface area contributed by atoms with Crippen molar-refractivity contribution in [2.75, 3.05) is 13.1 Å². The molecular formula is C14H23N3O. The van der Waals surface area contributed by atoms with Crippen molar-refractivity contribution < 1.29 is 4.52 Å². The lowest BCUT2D eigenvalue weighted by atomic mass is 9.83. The van der Waals surface area contributed by atoms with Crippen LogP contribution in [0.2, 0.25) is 0 Å². The monoisotopic (exact) mass is 249 g/mol. The molecule has 4 nitrogen and oxygen atoms in total. The zero-order valence-electron chi connectivity index (χ0n) is 11.4. The van der Waals surface area contributed by atoms with Crippen molar-refractivity contribution in [1.82, 2.24) is 15.5 Å². The molecule has 1 N–H and O–H groups in total.